The molecule has 2 aromatic carbocycles. The lowest BCUT2D eigenvalue weighted by molar-refractivity contribution is 0.102. The highest BCUT2D eigenvalue weighted by atomic mass is 32.1. The van der Waals surface area contributed by atoms with E-state index in [4.69, 9.17) is 9.47 Å². The number of anilines is 1. The van der Waals surface area contributed by atoms with Crippen LogP contribution in [0.15, 0.2) is 48.5 Å². The summed E-state index contributed by atoms with van der Waals surface area (Å²) in [7, 11) is 3.21. The molecular formula is C24H27N5O4S. The van der Waals surface area contributed by atoms with Crippen LogP contribution in [0.25, 0.3) is 0 Å². The predicted octanol–water partition coefficient (Wildman–Crippen LogP) is 3.90. The van der Waals surface area contributed by atoms with Crippen molar-refractivity contribution in [2.24, 2.45) is 0 Å². The Bertz CT molecular complexity index is 1130. The molecule has 34 heavy (non-hydrogen) atoms. The number of nitrogens with zero attached hydrogens (tertiary/aromatic N) is 3. The SMILES string of the molecule is COc1ccc(NC(=O)c2nnc([C@H]3CCCN(C(=O)NCc4cccc(OC)c4)C3)s2)cc1. The van der Waals surface area contributed by atoms with Crippen LogP contribution in [-0.4, -0.2) is 54.3 Å². The molecule has 1 saturated heterocycles. The van der Waals surface area contributed by atoms with E-state index in [2.05, 4.69) is 20.8 Å². The van der Waals surface area contributed by atoms with Crippen LogP contribution < -0.4 is 20.1 Å². The number of carbonyl (C=O) groups excluding carboxylic acids is 2. The maximum atomic E-state index is 12.7. The summed E-state index contributed by atoms with van der Waals surface area (Å²) < 4.78 is 10.4. The summed E-state index contributed by atoms with van der Waals surface area (Å²) in [4.78, 5) is 27.1. The smallest absolute Gasteiger partial charge is 0.317 e. The molecule has 0 saturated carbocycles. The highest BCUT2D eigenvalue weighted by Crippen LogP contribution is 2.29. The van der Waals surface area contributed by atoms with Crippen LogP contribution in [0.1, 0.15) is 39.1 Å². The summed E-state index contributed by atoms with van der Waals surface area (Å²) in [6.07, 6.45) is 1.76. The molecule has 178 valence electrons. The molecule has 0 radical (unpaired) electrons. The molecule has 0 spiro atoms. The molecule has 2 heterocycles. The van der Waals surface area contributed by atoms with Crippen molar-refractivity contribution in [3.8, 4) is 11.5 Å². The molecule has 9 nitrogen and oxygen atoms in total. The van der Waals surface area contributed by atoms with Crippen molar-refractivity contribution in [1.29, 1.82) is 0 Å². The summed E-state index contributed by atoms with van der Waals surface area (Å²) in [6, 6.07) is 14.6. The van der Waals surface area contributed by atoms with Crippen molar-refractivity contribution in [3.05, 3.63) is 64.1 Å². The van der Waals surface area contributed by atoms with E-state index < -0.39 is 0 Å². The highest BCUT2D eigenvalue weighted by molar-refractivity contribution is 7.13. The van der Waals surface area contributed by atoms with Gasteiger partial charge in [-0.15, -0.1) is 10.2 Å². The first-order valence-corrected chi connectivity index (χ1v) is 11.8. The van der Waals surface area contributed by atoms with E-state index in [1.807, 2.05) is 24.3 Å². The third kappa shape index (κ3) is 5.82. The van der Waals surface area contributed by atoms with Crippen molar-refractivity contribution >= 4 is 29.0 Å². The summed E-state index contributed by atoms with van der Waals surface area (Å²) >= 11 is 1.27. The largest absolute Gasteiger partial charge is 0.497 e. The molecule has 1 fully saturated rings. The highest BCUT2D eigenvalue weighted by Gasteiger charge is 2.28. The van der Waals surface area contributed by atoms with Crippen LogP contribution >= 0.6 is 11.3 Å². The quantitative estimate of drug-likeness (QED) is 0.530. The number of ether oxygens (including phenoxy) is 2. The normalized spacial score (nSPS) is 15.5. The average molecular weight is 482 g/mol. The molecule has 0 aliphatic carbocycles. The topological polar surface area (TPSA) is 106 Å². The zero-order valence-electron chi connectivity index (χ0n) is 19.1. The van der Waals surface area contributed by atoms with Gasteiger partial charge in [0.2, 0.25) is 5.01 Å². The van der Waals surface area contributed by atoms with Crippen LogP contribution in [0, 0.1) is 0 Å². The molecule has 3 amide bonds. The maximum absolute atomic E-state index is 12.7. The zero-order chi connectivity index (χ0) is 23.9. The monoisotopic (exact) mass is 481 g/mol. The van der Waals surface area contributed by atoms with Gasteiger partial charge in [-0.3, -0.25) is 4.79 Å². The maximum Gasteiger partial charge on any atom is 0.317 e. The Morgan fingerprint density at radius 1 is 1.09 bits per heavy atom. The number of likely N-dealkylation sites (tertiary alicyclic amines) is 1. The molecular weight excluding hydrogens is 454 g/mol. The number of benzene rings is 2. The minimum atomic E-state index is -0.308. The Morgan fingerprint density at radius 2 is 1.88 bits per heavy atom. The summed E-state index contributed by atoms with van der Waals surface area (Å²) in [5.74, 6) is 1.22. The Morgan fingerprint density at radius 3 is 2.65 bits per heavy atom. The van der Waals surface area contributed by atoms with Gasteiger partial charge in [-0.25, -0.2) is 4.79 Å². The second-order valence-corrected chi connectivity index (χ2v) is 8.93. The fourth-order valence-electron chi connectivity index (χ4n) is 3.79. The van der Waals surface area contributed by atoms with E-state index in [0.29, 0.717) is 36.1 Å². The molecule has 2 N–H and O–H groups in total. The van der Waals surface area contributed by atoms with Crippen molar-refractivity contribution in [2.75, 3.05) is 32.6 Å². The summed E-state index contributed by atoms with van der Waals surface area (Å²) in [5.41, 5.74) is 1.62. The van der Waals surface area contributed by atoms with Gasteiger partial charge in [-0.1, -0.05) is 23.5 Å². The first-order chi connectivity index (χ1) is 16.6. The van der Waals surface area contributed by atoms with Crippen molar-refractivity contribution in [3.63, 3.8) is 0 Å². The number of carbonyl (C=O) groups is 2. The standard InChI is InChI=1S/C24H27N5O4S/c1-32-19-10-8-18(9-11-19)26-21(30)23-28-27-22(34-23)17-6-4-12-29(15-17)24(31)25-14-16-5-3-7-20(13-16)33-2/h3,5,7-11,13,17H,4,6,12,14-15H2,1-2H3,(H,25,31)(H,26,30)/t17-/m0/s1. The Labute approximate surface area is 202 Å². The van der Waals surface area contributed by atoms with Gasteiger partial charge in [0.05, 0.1) is 14.2 Å². The van der Waals surface area contributed by atoms with Gasteiger partial charge in [0.15, 0.2) is 0 Å². The van der Waals surface area contributed by atoms with Gasteiger partial charge >= 0.3 is 6.03 Å². The molecule has 3 aromatic rings. The second-order valence-electron chi connectivity index (χ2n) is 7.92. The van der Waals surface area contributed by atoms with E-state index in [1.165, 1.54) is 11.3 Å². The summed E-state index contributed by atoms with van der Waals surface area (Å²) in [5, 5.41) is 15.2. The Balaban J connectivity index is 1.32. The Hall–Kier alpha value is -3.66. The third-order valence-corrected chi connectivity index (χ3v) is 6.70. The number of methoxy groups -OCH3 is 2. The van der Waals surface area contributed by atoms with Gasteiger partial charge < -0.3 is 25.0 Å². The number of aromatic nitrogens is 2. The molecule has 10 heteroatoms. The van der Waals surface area contributed by atoms with Crippen molar-refractivity contribution < 1.29 is 19.1 Å². The van der Waals surface area contributed by atoms with Crippen molar-refractivity contribution in [1.82, 2.24) is 20.4 Å². The number of hydrogen-bond donors (Lipinski definition) is 2. The number of amides is 3. The molecule has 1 aliphatic heterocycles. The predicted molar refractivity (Wildman–Crippen MR) is 130 cm³/mol. The molecule has 4 rings (SSSR count). The summed E-state index contributed by atoms with van der Waals surface area (Å²) in [6.45, 7) is 1.65. The van der Waals surface area contributed by atoms with Gasteiger partial charge in [0, 0.05) is 31.2 Å². The van der Waals surface area contributed by atoms with Crippen LogP contribution in [0.2, 0.25) is 0 Å². The van der Waals surface area contributed by atoms with Crippen LogP contribution in [0.5, 0.6) is 11.5 Å². The number of urea groups is 1. The average Bonchev–Trinajstić information content (AvgIpc) is 3.39. The number of piperidine rings is 1. The Kier molecular flexibility index (Phi) is 7.58. The molecule has 1 aliphatic rings. The van der Waals surface area contributed by atoms with E-state index in [1.54, 1.807) is 43.4 Å². The molecule has 0 bridgehead atoms. The lowest BCUT2D eigenvalue weighted by Gasteiger charge is -2.31. The van der Waals surface area contributed by atoms with Crippen molar-refractivity contribution in [2.45, 2.75) is 25.3 Å². The van der Waals surface area contributed by atoms with Gasteiger partial charge in [0.25, 0.3) is 5.91 Å². The number of hydrogen-bond acceptors (Lipinski definition) is 7. The van der Waals surface area contributed by atoms with E-state index in [9.17, 15) is 9.59 Å². The fourth-order valence-corrected chi connectivity index (χ4v) is 4.65. The van der Waals surface area contributed by atoms with Crippen LogP contribution in [0.4, 0.5) is 10.5 Å². The minimum Gasteiger partial charge on any atom is -0.497 e. The van der Waals surface area contributed by atoms with Crippen LogP contribution in [0.3, 0.4) is 0 Å². The van der Waals surface area contributed by atoms with Gasteiger partial charge in [-0.2, -0.15) is 0 Å². The van der Waals surface area contributed by atoms with Crippen LogP contribution in [-0.2, 0) is 6.54 Å². The molecule has 1 aromatic heterocycles. The second kappa shape index (κ2) is 11.0. The van der Waals surface area contributed by atoms with Gasteiger partial charge in [-0.05, 0) is 54.8 Å². The van der Waals surface area contributed by atoms with E-state index in [0.717, 1.165) is 29.2 Å². The lowest BCUT2D eigenvalue weighted by atomic mass is 9.99. The van der Waals surface area contributed by atoms with Gasteiger partial charge in [0.1, 0.15) is 16.5 Å². The zero-order valence-corrected chi connectivity index (χ0v) is 19.9. The minimum absolute atomic E-state index is 0.0522. The fraction of sp³-hybridized carbons (Fsp3) is 0.333. The van der Waals surface area contributed by atoms with E-state index >= 15 is 0 Å². The van der Waals surface area contributed by atoms with E-state index in [-0.39, 0.29) is 17.9 Å². The number of nitrogens with one attached hydrogen (secondary N) is 2. The first kappa shape index (κ1) is 23.5. The first-order valence-electron chi connectivity index (χ1n) is 11.0. The number of rotatable bonds is 7. The lowest BCUT2D eigenvalue weighted by Crippen LogP contribution is -2.44. The molecule has 0 unspecified atom stereocenters. The molecule has 1 atom stereocenters. The third-order valence-electron chi connectivity index (χ3n) is 5.62.